The van der Waals surface area contributed by atoms with E-state index in [0.29, 0.717) is 12.2 Å². The first-order chi connectivity index (χ1) is 12.8. The minimum absolute atomic E-state index is 0.161. The number of carbonyl (C=O) groups excluding carboxylic acids is 1. The van der Waals surface area contributed by atoms with Crippen molar-refractivity contribution in [3.63, 3.8) is 0 Å². The molecule has 6 nitrogen and oxygen atoms in total. The van der Waals surface area contributed by atoms with E-state index in [1.165, 1.54) is 24.7 Å². The van der Waals surface area contributed by atoms with E-state index in [9.17, 15) is 13.2 Å². The summed E-state index contributed by atoms with van der Waals surface area (Å²) < 4.78 is 33.2. The number of amides is 1. The van der Waals surface area contributed by atoms with Crippen LogP contribution in [0.1, 0.15) is 25.8 Å². The Morgan fingerprint density at radius 3 is 2.26 bits per heavy atom. The van der Waals surface area contributed by atoms with Gasteiger partial charge in [-0.3, -0.25) is 4.79 Å². The van der Waals surface area contributed by atoms with Gasteiger partial charge in [0.1, 0.15) is 5.75 Å². The molecule has 1 amide bonds. The number of ether oxygens (including phenoxy) is 1. The Morgan fingerprint density at radius 2 is 1.67 bits per heavy atom. The summed E-state index contributed by atoms with van der Waals surface area (Å²) in [6.45, 7) is 3.47. The zero-order valence-electron chi connectivity index (χ0n) is 15.8. The van der Waals surface area contributed by atoms with Crippen molar-refractivity contribution in [2.45, 2.75) is 43.7 Å². The third-order valence-electron chi connectivity index (χ3n) is 4.13. The van der Waals surface area contributed by atoms with Crippen molar-refractivity contribution in [1.82, 2.24) is 10.0 Å². The van der Waals surface area contributed by atoms with Gasteiger partial charge in [-0.15, -0.1) is 0 Å². The number of benzene rings is 2. The topological polar surface area (TPSA) is 84.5 Å². The van der Waals surface area contributed by atoms with Crippen LogP contribution >= 0.6 is 0 Å². The van der Waals surface area contributed by atoms with Crippen molar-refractivity contribution in [2.75, 3.05) is 7.05 Å². The summed E-state index contributed by atoms with van der Waals surface area (Å²) >= 11 is 0. The molecule has 27 heavy (non-hydrogen) atoms. The average Bonchev–Trinajstić information content (AvgIpc) is 2.66. The molecular weight excluding hydrogens is 364 g/mol. The lowest BCUT2D eigenvalue weighted by Crippen LogP contribution is -2.34. The minimum Gasteiger partial charge on any atom is -0.481 e. The quantitative estimate of drug-likeness (QED) is 0.689. The molecule has 0 spiro atoms. The van der Waals surface area contributed by atoms with Gasteiger partial charge in [-0.25, -0.2) is 13.1 Å². The third-order valence-corrected chi connectivity index (χ3v) is 5.73. The maximum atomic E-state index is 12.5. The van der Waals surface area contributed by atoms with Crippen molar-refractivity contribution in [3.8, 4) is 5.75 Å². The molecule has 0 unspecified atom stereocenters. The Labute approximate surface area is 161 Å². The highest BCUT2D eigenvalue weighted by Crippen LogP contribution is 2.18. The molecule has 2 N–H and O–H groups in total. The van der Waals surface area contributed by atoms with Crippen LogP contribution in [0, 0.1) is 0 Å². The van der Waals surface area contributed by atoms with Crippen molar-refractivity contribution in [1.29, 1.82) is 0 Å². The maximum absolute atomic E-state index is 12.5. The molecule has 0 saturated carbocycles. The second-order valence-electron chi connectivity index (χ2n) is 6.39. The van der Waals surface area contributed by atoms with Crippen LogP contribution < -0.4 is 14.8 Å². The molecule has 0 bridgehead atoms. The van der Waals surface area contributed by atoms with Crippen LogP contribution in [0.25, 0.3) is 0 Å². The lowest BCUT2D eigenvalue weighted by atomic mass is 10.1. The Hall–Kier alpha value is -2.38. The van der Waals surface area contributed by atoms with E-state index in [0.717, 1.165) is 6.42 Å². The number of aryl methyl sites for hydroxylation is 1. The summed E-state index contributed by atoms with van der Waals surface area (Å²) in [4.78, 5) is 11.6. The monoisotopic (exact) mass is 390 g/mol. The van der Waals surface area contributed by atoms with Crippen LogP contribution in [-0.4, -0.2) is 33.5 Å². The second kappa shape index (κ2) is 9.53. The van der Waals surface area contributed by atoms with Crippen molar-refractivity contribution < 1.29 is 17.9 Å². The molecule has 0 heterocycles. The number of rotatable bonds is 9. The van der Waals surface area contributed by atoms with Gasteiger partial charge in [-0.1, -0.05) is 30.3 Å². The Kier molecular flexibility index (Phi) is 7.38. The first-order valence-electron chi connectivity index (χ1n) is 8.86. The molecule has 2 rings (SSSR count). The van der Waals surface area contributed by atoms with Crippen LogP contribution in [0.5, 0.6) is 5.75 Å². The molecule has 0 fully saturated rings. The molecule has 0 radical (unpaired) electrons. The number of sulfonamides is 1. The fourth-order valence-corrected chi connectivity index (χ4v) is 3.86. The average molecular weight is 391 g/mol. The number of carbonyl (C=O) groups is 1. The fourth-order valence-electron chi connectivity index (χ4n) is 2.58. The van der Waals surface area contributed by atoms with Gasteiger partial charge < -0.3 is 10.1 Å². The molecule has 0 aliphatic rings. The van der Waals surface area contributed by atoms with E-state index < -0.39 is 16.1 Å². The summed E-state index contributed by atoms with van der Waals surface area (Å²) in [5, 5.41) is 2.50. The number of hydrogen-bond acceptors (Lipinski definition) is 4. The van der Waals surface area contributed by atoms with Crippen LogP contribution in [0.3, 0.4) is 0 Å². The van der Waals surface area contributed by atoms with E-state index in [-0.39, 0.29) is 16.8 Å². The summed E-state index contributed by atoms with van der Waals surface area (Å²) in [6.07, 6.45) is 0.844. The zero-order valence-corrected chi connectivity index (χ0v) is 16.6. The van der Waals surface area contributed by atoms with Crippen LogP contribution in [0.15, 0.2) is 59.5 Å². The van der Waals surface area contributed by atoms with Crippen molar-refractivity contribution in [3.05, 3.63) is 60.2 Å². The minimum atomic E-state index is -3.61. The zero-order chi connectivity index (χ0) is 19.9. The highest BCUT2D eigenvalue weighted by Gasteiger charge is 2.18. The van der Waals surface area contributed by atoms with E-state index in [4.69, 9.17) is 4.74 Å². The standard InChI is InChI=1S/C20H26N2O4S/c1-15(9-10-17-7-5-4-6-8-17)22-27(24,25)19-13-11-18(12-14-19)26-16(2)20(23)21-3/h4-8,11-16,22H,9-10H2,1-3H3,(H,21,23)/t15-,16+/m0/s1. The van der Waals surface area contributed by atoms with Gasteiger partial charge in [0.05, 0.1) is 4.90 Å². The molecule has 0 aliphatic carbocycles. The fraction of sp³-hybridized carbons (Fsp3) is 0.350. The normalized spacial score (nSPS) is 13.6. The van der Waals surface area contributed by atoms with Crippen LogP contribution in [-0.2, 0) is 21.2 Å². The number of nitrogens with one attached hydrogen (secondary N) is 2. The molecule has 2 atom stereocenters. The van der Waals surface area contributed by atoms with Crippen molar-refractivity contribution in [2.24, 2.45) is 0 Å². The SMILES string of the molecule is CNC(=O)[C@@H](C)Oc1ccc(S(=O)(=O)N[C@@H](C)CCc2ccccc2)cc1. The highest BCUT2D eigenvalue weighted by molar-refractivity contribution is 7.89. The van der Waals surface area contributed by atoms with E-state index in [2.05, 4.69) is 10.0 Å². The molecule has 0 saturated heterocycles. The first kappa shape index (κ1) is 20.9. The van der Waals surface area contributed by atoms with Gasteiger partial charge in [0.15, 0.2) is 6.10 Å². The Balaban J connectivity index is 1.94. The highest BCUT2D eigenvalue weighted by atomic mass is 32.2. The summed E-state index contributed by atoms with van der Waals surface area (Å²) in [5.74, 6) is 0.183. The smallest absolute Gasteiger partial charge is 0.260 e. The van der Waals surface area contributed by atoms with E-state index in [1.807, 2.05) is 37.3 Å². The van der Waals surface area contributed by atoms with Crippen LogP contribution in [0.2, 0.25) is 0 Å². The Bertz CT molecular complexity index is 836. The van der Waals surface area contributed by atoms with E-state index in [1.54, 1.807) is 19.1 Å². The lowest BCUT2D eigenvalue weighted by molar-refractivity contribution is -0.126. The second-order valence-corrected chi connectivity index (χ2v) is 8.11. The predicted octanol–water partition coefficient (Wildman–Crippen LogP) is 2.50. The van der Waals surface area contributed by atoms with Gasteiger partial charge in [-0.05, 0) is 56.5 Å². The molecule has 7 heteroatoms. The molecule has 146 valence electrons. The maximum Gasteiger partial charge on any atom is 0.260 e. The predicted molar refractivity (Wildman–Crippen MR) is 105 cm³/mol. The van der Waals surface area contributed by atoms with Gasteiger partial charge in [0, 0.05) is 13.1 Å². The Morgan fingerprint density at radius 1 is 1.04 bits per heavy atom. The van der Waals surface area contributed by atoms with E-state index >= 15 is 0 Å². The molecule has 2 aromatic rings. The summed E-state index contributed by atoms with van der Waals surface area (Å²) in [7, 11) is -2.08. The van der Waals surface area contributed by atoms with Gasteiger partial charge in [0.25, 0.3) is 5.91 Å². The lowest BCUT2D eigenvalue weighted by Gasteiger charge is -2.16. The van der Waals surface area contributed by atoms with Gasteiger partial charge in [-0.2, -0.15) is 0 Å². The first-order valence-corrected chi connectivity index (χ1v) is 10.3. The largest absolute Gasteiger partial charge is 0.481 e. The number of hydrogen-bond donors (Lipinski definition) is 2. The molecule has 0 aliphatic heterocycles. The summed E-state index contributed by atoms with van der Waals surface area (Å²) in [6, 6.07) is 15.8. The van der Waals surface area contributed by atoms with Crippen molar-refractivity contribution >= 4 is 15.9 Å². The summed E-state index contributed by atoms with van der Waals surface area (Å²) in [5.41, 5.74) is 1.18. The molecular formula is C20H26N2O4S. The van der Waals surface area contributed by atoms with Crippen LogP contribution in [0.4, 0.5) is 0 Å². The third kappa shape index (κ3) is 6.37. The van der Waals surface area contributed by atoms with Gasteiger partial charge >= 0.3 is 0 Å². The van der Waals surface area contributed by atoms with Gasteiger partial charge in [0.2, 0.25) is 10.0 Å². The molecule has 2 aromatic carbocycles. The number of likely N-dealkylation sites (N-methyl/N-ethyl adjacent to an activating group) is 1. The molecule has 0 aromatic heterocycles.